The largest absolute Gasteiger partial charge is 0.393 e. The van der Waals surface area contributed by atoms with Gasteiger partial charge in [-0.25, -0.2) is 4.79 Å². The second-order valence-electron chi connectivity index (χ2n) is 4.21. The van der Waals surface area contributed by atoms with Gasteiger partial charge >= 0.3 is 6.03 Å². The minimum atomic E-state index is -0.364. The van der Waals surface area contributed by atoms with Gasteiger partial charge in [0.2, 0.25) is 0 Å². The molecule has 2 amide bonds. The second-order valence-corrected chi connectivity index (χ2v) is 4.21. The van der Waals surface area contributed by atoms with E-state index >= 15 is 0 Å². The van der Waals surface area contributed by atoms with Gasteiger partial charge in [-0.1, -0.05) is 20.3 Å². The molecular formula is C11H24N2O2. The van der Waals surface area contributed by atoms with Crippen LogP contribution in [0.15, 0.2) is 0 Å². The highest BCUT2D eigenvalue weighted by molar-refractivity contribution is 5.74. The topological polar surface area (TPSA) is 61.4 Å². The first-order valence-electron chi connectivity index (χ1n) is 5.69. The normalized spacial score (nSPS) is 16.6. The van der Waals surface area contributed by atoms with Crippen LogP contribution in [0.25, 0.3) is 0 Å². The van der Waals surface area contributed by atoms with Gasteiger partial charge in [-0.3, -0.25) is 0 Å². The van der Waals surface area contributed by atoms with E-state index in [1.54, 1.807) is 6.92 Å². The molecule has 0 saturated heterocycles. The van der Waals surface area contributed by atoms with Crippen LogP contribution in [-0.2, 0) is 0 Å². The zero-order valence-electron chi connectivity index (χ0n) is 10.2. The third kappa shape index (κ3) is 7.19. The van der Waals surface area contributed by atoms with Crippen molar-refractivity contribution in [1.82, 2.24) is 10.6 Å². The standard InChI is InChI=1S/C11H24N2O2/c1-5-8(2)10(4)13-11(15)12-7-6-9(3)14/h8-10,14H,5-7H2,1-4H3,(H2,12,13,15). The molecule has 3 atom stereocenters. The fraction of sp³-hybridized carbons (Fsp3) is 0.909. The molecule has 0 rings (SSSR count). The van der Waals surface area contributed by atoms with Crippen LogP contribution in [-0.4, -0.2) is 29.8 Å². The minimum Gasteiger partial charge on any atom is -0.393 e. The second kappa shape index (κ2) is 7.51. The fourth-order valence-electron chi connectivity index (χ4n) is 1.15. The summed E-state index contributed by atoms with van der Waals surface area (Å²) in [7, 11) is 0. The van der Waals surface area contributed by atoms with Crippen molar-refractivity contribution in [1.29, 1.82) is 0 Å². The Bertz CT molecular complexity index is 183. The van der Waals surface area contributed by atoms with Gasteiger partial charge in [0.25, 0.3) is 0 Å². The number of amides is 2. The molecule has 0 heterocycles. The van der Waals surface area contributed by atoms with Crippen molar-refractivity contribution in [2.45, 2.75) is 52.7 Å². The Balaban J connectivity index is 3.64. The molecular weight excluding hydrogens is 192 g/mol. The summed E-state index contributed by atoms with van der Waals surface area (Å²) in [6, 6.07) is 0.0324. The maximum absolute atomic E-state index is 11.4. The van der Waals surface area contributed by atoms with Gasteiger partial charge in [0.15, 0.2) is 0 Å². The zero-order chi connectivity index (χ0) is 11.8. The number of carbonyl (C=O) groups is 1. The maximum Gasteiger partial charge on any atom is 0.315 e. The van der Waals surface area contributed by atoms with Gasteiger partial charge < -0.3 is 15.7 Å². The lowest BCUT2D eigenvalue weighted by Gasteiger charge is -2.20. The average Bonchev–Trinajstić information content (AvgIpc) is 2.15. The summed E-state index contributed by atoms with van der Waals surface area (Å²) < 4.78 is 0. The van der Waals surface area contributed by atoms with Crippen LogP contribution in [0.1, 0.15) is 40.5 Å². The Morgan fingerprint density at radius 2 is 1.93 bits per heavy atom. The highest BCUT2D eigenvalue weighted by atomic mass is 16.3. The van der Waals surface area contributed by atoms with Gasteiger partial charge in [-0.2, -0.15) is 0 Å². The SMILES string of the molecule is CCC(C)C(C)NC(=O)NCCC(C)O. The Labute approximate surface area is 92.4 Å². The number of nitrogens with one attached hydrogen (secondary N) is 2. The van der Waals surface area contributed by atoms with Crippen LogP contribution in [0.3, 0.4) is 0 Å². The average molecular weight is 216 g/mol. The van der Waals surface area contributed by atoms with E-state index in [1.165, 1.54) is 0 Å². The molecule has 0 aromatic rings. The molecule has 0 aliphatic rings. The molecule has 0 fully saturated rings. The van der Waals surface area contributed by atoms with E-state index in [0.717, 1.165) is 6.42 Å². The quantitative estimate of drug-likeness (QED) is 0.630. The van der Waals surface area contributed by atoms with Crippen molar-refractivity contribution in [2.75, 3.05) is 6.54 Å². The van der Waals surface area contributed by atoms with E-state index in [0.29, 0.717) is 18.9 Å². The molecule has 4 heteroatoms. The summed E-state index contributed by atoms with van der Waals surface area (Å²) in [5.41, 5.74) is 0. The third-order valence-corrected chi connectivity index (χ3v) is 2.70. The monoisotopic (exact) mass is 216 g/mol. The van der Waals surface area contributed by atoms with Crippen LogP contribution < -0.4 is 10.6 Å². The molecule has 0 aromatic carbocycles. The molecule has 0 aliphatic carbocycles. The van der Waals surface area contributed by atoms with E-state index in [4.69, 9.17) is 5.11 Å². The van der Waals surface area contributed by atoms with Crippen molar-refractivity contribution in [3.8, 4) is 0 Å². The molecule has 90 valence electrons. The highest BCUT2D eigenvalue weighted by Crippen LogP contribution is 2.05. The summed E-state index contributed by atoms with van der Waals surface area (Å²) in [6.07, 6.45) is 1.28. The molecule has 3 unspecified atom stereocenters. The first-order chi connectivity index (χ1) is 6.97. The van der Waals surface area contributed by atoms with E-state index < -0.39 is 0 Å². The smallest absolute Gasteiger partial charge is 0.315 e. The van der Waals surface area contributed by atoms with Crippen molar-refractivity contribution < 1.29 is 9.90 Å². The summed E-state index contributed by atoms with van der Waals surface area (Å²) in [5, 5.41) is 14.6. The van der Waals surface area contributed by atoms with E-state index in [-0.39, 0.29) is 18.2 Å². The molecule has 0 aliphatic heterocycles. The van der Waals surface area contributed by atoms with Crippen molar-refractivity contribution in [3.05, 3.63) is 0 Å². The lowest BCUT2D eigenvalue weighted by Crippen LogP contribution is -2.43. The Morgan fingerprint density at radius 1 is 1.33 bits per heavy atom. The van der Waals surface area contributed by atoms with Crippen molar-refractivity contribution in [3.63, 3.8) is 0 Å². The third-order valence-electron chi connectivity index (χ3n) is 2.70. The Kier molecular flexibility index (Phi) is 7.13. The highest BCUT2D eigenvalue weighted by Gasteiger charge is 2.12. The lowest BCUT2D eigenvalue weighted by atomic mass is 10.0. The number of rotatable bonds is 6. The molecule has 0 saturated carbocycles. The molecule has 4 nitrogen and oxygen atoms in total. The molecule has 0 spiro atoms. The van der Waals surface area contributed by atoms with Crippen LogP contribution >= 0.6 is 0 Å². The zero-order valence-corrected chi connectivity index (χ0v) is 10.2. The van der Waals surface area contributed by atoms with E-state index in [1.807, 2.05) is 6.92 Å². The fourth-order valence-corrected chi connectivity index (χ4v) is 1.15. The predicted octanol–water partition coefficient (Wildman–Crippen LogP) is 1.49. The van der Waals surface area contributed by atoms with E-state index in [2.05, 4.69) is 24.5 Å². The van der Waals surface area contributed by atoms with Crippen LogP contribution in [0, 0.1) is 5.92 Å². The minimum absolute atomic E-state index is 0.150. The first-order valence-corrected chi connectivity index (χ1v) is 5.69. The van der Waals surface area contributed by atoms with Gasteiger partial charge in [-0.15, -0.1) is 0 Å². The summed E-state index contributed by atoms with van der Waals surface area (Å²) in [4.78, 5) is 11.4. The van der Waals surface area contributed by atoms with Crippen molar-refractivity contribution in [2.24, 2.45) is 5.92 Å². The maximum atomic E-state index is 11.4. The molecule has 15 heavy (non-hydrogen) atoms. The molecule has 0 aromatic heterocycles. The van der Waals surface area contributed by atoms with E-state index in [9.17, 15) is 4.79 Å². The molecule has 3 N–H and O–H groups in total. The van der Waals surface area contributed by atoms with Gasteiger partial charge in [0.05, 0.1) is 6.10 Å². The number of hydrogen-bond acceptors (Lipinski definition) is 2. The van der Waals surface area contributed by atoms with Crippen LogP contribution in [0.5, 0.6) is 0 Å². The molecule has 0 radical (unpaired) electrons. The summed E-state index contributed by atoms with van der Waals surface area (Å²) >= 11 is 0. The Morgan fingerprint density at radius 3 is 2.40 bits per heavy atom. The lowest BCUT2D eigenvalue weighted by molar-refractivity contribution is 0.183. The van der Waals surface area contributed by atoms with Crippen molar-refractivity contribution >= 4 is 6.03 Å². The Hall–Kier alpha value is -0.770. The number of hydrogen-bond donors (Lipinski definition) is 3. The number of aliphatic hydroxyl groups is 1. The molecule has 0 bridgehead atoms. The summed E-state index contributed by atoms with van der Waals surface area (Å²) in [6.45, 7) is 8.44. The van der Waals surface area contributed by atoms with Gasteiger partial charge in [-0.05, 0) is 26.2 Å². The number of aliphatic hydroxyl groups excluding tert-OH is 1. The number of urea groups is 1. The summed E-state index contributed by atoms with van der Waals surface area (Å²) in [5.74, 6) is 0.479. The van der Waals surface area contributed by atoms with Crippen LogP contribution in [0.2, 0.25) is 0 Å². The van der Waals surface area contributed by atoms with Gasteiger partial charge in [0, 0.05) is 12.6 Å². The number of carbonyl (C=O) groups excluding carboxylic acids is 1. The van der Waals surface area contributed by atoms with Gasteiger partial charge in [0.1, 0.15) is 0 Å². The van der Waals surface area contributed by atoms with Crippen LogP contribution in [0.4, 0.5) is 4.79 Å². The predicted molar refractivity (Wildman–Crippen MR) is 61.7 cm³/mol. The first kappa shape index (κ1) is 14.2.